The Morgan fingerprint density at radius 3 is 2.41 bits per heavy atom. The summed E-state index contributed by atoms with van der Waals surface area (Å²) in [4.78, 5) is 0. The number of unbranched alkanes of at least 4 members (excludes halogenated alkanes) is 4. The smallest absolute Gasteiger partial charge is 0.0700 e. The van der Waals surface area contributed by atoms with Crippen LogP contribution in [0.2, 0.25) is 0 Å². The third-order valence-electron chi connectivity index (χ3n) is 2.93. The van der Waals surface area contributed by atoms with E-state index < -0.39 is 0 Å². The fourth-order valence-electron chi connectivity index (χ4n) is 1.78. The number of hydrogen-bond donors (Lipinski definition) is 2. The average Bonchev–Trinajstić information content (AvgIpc) is 2.36. The molecule has 0 heterocycles. The second-order valence-corrected chi connectivity index (χ2v) is 4.46. The van der Waals surface area contributed by atoms with Crippen LogP contribution >= 0.6 is 0 Å². The van der Waals surface area contributed by atoms with Crippen LogP contribution in [0.15, 0.2) is 0 Å². The molecule has 0 rings (SSSR count). The van der Waals surface area contributed by atoms with E-state index in [9.17, 15) is 0 Å². The summed E-state index contributed by atoms with van der Waals surface area (Å²) in [5.41, 5.74) is 2.87. The second kappa shape index (κ2) is 13.9. The van der Waals surface area contributed by atoms with E-state index in [0.29, 0.717) is 19.3 Å². The van der Waals surface area contributed by atoms with Crippen molar-refractivity contribution in [2.24, 2.45) is 5.84 Å². The second-order valence-electron chi connectivity index (χ2n) is 4.46. The molecule has 0 bridgehead atoms. The summed E-state index contributed by atoms with van der Waals surface area (Å²) < 4.78 is 10.3. The molecule has 4 nitrogen and oxygen atoms in total. The molecule has 0 radical (unpaired) electrons. The van der Waals surface area contributed by atoms with Gasteiger partial charge in [0.05, 0.1) is 13.2 Å². The van der Waals surface area contributed by atoms with Crippen LogP contribution in [0.25, 0.3) is 0 Å². The van der Waals surface area contributed by atoms with Crippen LogP contribution in [0.3, 0.4) is 0 Å². The number of hydrazine groups is 1. The number of nitrogens with one attached hydrogen (secondary N) is 1. The molecule has 0 aliphatic rings. The summed E-state index contributed by atoms with van der Waals surface area (Å²) in [5.74, 6) is 5.52. The van der Waals surface area contributed by atoms with Crippen molar-refractivity contribution in [3.05, 3.63) is 0 Å². The first-order chi connectivity index (χ1) is 8.35. The third-order valence-corrected chi connectivity index (χ3v) is 2.93. The van der Waals surface area contributed by atoms with Crippen molar-refractivity contribution in [3.63, 3.8) is 0 Å². The monoisotopic (exact) mass is 246 g/mol. The molecular formula is C13H30N2O2. The summed E-state index contributed by atoms with van der Waals surface area (Å²) in [6.07, 6.45) is 8.69. The quantitative estimate of drug-likeness (QED) is 0.297. The molecule has 0 aliphatic heterocycles. The molecule has 0 amide bonds. The van der Waals surface area contributed by atoms with E-state index in [4.69, 9.17) is 15.3 Å². The minimum atomic E-state index is 0.388. The van der Waals surface area contributed by atoms with Crippen LogP contribution in [0, 0.1) is 0 Å². The molecule has 0 aliphatic carbocycles. The molecule has 0 aromatic rings. The average molecular weight is 246 g/mol. The van der Waals surface area contributed by atoms with Crippen LogP contribution < -0.4 is 11.3 Å². The normalized spacial score (nSPS) is 12.9. The van der Waals surface area contributed by atoms with Crippen LogP contribution in [0.5, 0.6) is 0 Å². The molecule has 1 unspecified atom stereocenters. The first-order valence-corrected chi connectivity index (χ1v) is 6.88. The molecule has 17 heavy (non-hydrogen) atoms. The van der Waals surface area contributed by atoms with Gasteiger partial charge in [-0.2, -0.15) is 0 Å². The topological polar surface area (TPSA) is 56.5 Å². The number of ether oxygens (including phenoxy) is 2. The Labute approximate surface area is 106 Å². The summed E-state index contributed by atoms with van der Waals surface area (Å²) in [6.45, 7) is 4.33. The third kappa shape index (κ3) is 12.1. The fraction of sp³-hybridized carbons (Fsp3) is 1.00. The van der Waals surface area contributed by atoms with Crippen molar-refractivity contribution in [1.82, 2.24) is 5.43 Å². The van der Waals surface area contributed by atoms with Gasteiger partial charge in [0.1, 0.15) is 0 Å². The Morgan fingerprint density at radius 1 is 1.00 bits per heavy atom. The van der Waals surface area contributed by atoms with Gasteiger partial charge in [0, 0.05) is 19.8 Å². The lowest BCUT2D eigenvalue weighted by Gasteiger charge is -2.15. The molecule has 0 saturated carbocycles. The van der Waals surface area contributed by atoms with Crippen molar-refractivity contribution >= 4 is 0 Å². The Balaban J connectivity index is 3.30. The zero-order valence-corrected chi connectivity index (χ0v) is 11.5. The predicted molar refractivity (Wildman–Crippen MR) is 71.8 cm³/mol. The standard InChI is InChI=1S/C13H30N2O2/c1-3-4-5-6-7-8-13(15-14)9-10-17-12-11-16-2/h13,15H,3-12,14H2,1-2H3. The highest BCUT2D eigenvalue weighted by Crippen LogP contribution is 2.08. The highest BCUT2D eigenvalue weighted by Gasteiger charge is 2.05. The first-order valence-electron chi connectivity index (χ1n) is 6.88. The van der Waals surface area contributed by atoms with Crippen molar-refractivity contribution in [1.29, 1.82) is 0 Å². The van der Waals surface area contributed by atoms with Crippen molar-refractivity contribution in [2.75, 3.05) is 26.9 Å². The first kappa shape index (κ1) is 16.8. The van der Waals surface area contributed by atoms with Gasteiger partial charge in [-0.3, -0.25) is 11.3 Å². The van der Waals surface area contributed by atoms with Gasteiger partial charge in [-0.25, -0.2) is 0 Å². The van der Waals surface area contributed by atoms with Gasteiger partial charge in [-0.05, 0) is 12.8 Å². The molecule has 3 N–H and O–H groups in total. The lowest BCUT2D eigenvalue weighted by molar-refractivity contribution is 0.0653. The van der Waals surface area contributed by atoms with Gasteiger partial charge < -0.3 is 9.47 Å². The van der Waals surface area contributed by atoms with E-state index in [1.54, 1.807) is 7.11 Å². The summed E-state index contributed by atoms with van der Waals surface area (Å²) in [7, 11) is 1.68. The SMILES string of the molecule is CCCCCCCC(CCOCCOC)NN. The van der Waals surface area contributed by atoms with Gasteiger partial charge in [0.2, 0.25) is 0 Å². The minimum Gasteiger partial charge on any atom is -0.382 e. The van der Waals surface area contributed by atoms with Gasteiger partial charge >= 0.3 is 0 Å². The highest BCUT2D eigenvalue weighted by atomic mass is 16.5. The Bertz CT molecular complexity index is 131. The van der Waals surface area contributed by atoms with E-state index in [1.165, 1.54) is 32.1 Å². The summed E-state index contributed by atoms with van der Waals surface area (Å²) >= 11 is 0. The maximum atomic E-state index is 5.52. The maximum absolute atomic E-state index is 5.52. The number of nitrogens with two attached hydrogens (primary N) is 1. The largest absolute Gasteiger partial charge is 0.382 e. The van der Waals surface area contributed by atoms with E-state index in [0.717, 1.165) is 19.4 Å². The fourth-order valence-corrected chi connectivity index (χ4v) is 1.78. The van der Waals surface area contributed by atoms with Crippen LogP contribution in [0.4, 0.5) is 0 Å². The zero-order valence-electron chi connectivity index (χ0n) is 11.5. The molecule has 0 aromatic carbocycles. The number of methoxy groups -OCH3 is 1. The van der Waals surface area contributed by atoms with Crippen LogP contribution in [-0.4, -0.2) is 33.0 Å². The van der Waals surface area contributed by atoms with E-state index in [2.05, 4.69) is 12.3 Å². The maximum Gasteiger partial charge on any atom is 0.0700 e. The van der Waals surface area contributed by atoms with Gasteiger partial charge in [-0.15, -0.1) is 0 Å². The number of rotatable bonds is 13. The van der Waals surface area contributed by atoms with E-state index in [-0.39, 0.29) is 0 Å². The molecule has 104 valence electrons. The van der Waals surface area contributed by atoms with E-state index >= 15 is 0 Å². The molecule has 4 heteroatoms. The van der Waals surface area contributed by atoms with Crippen molar-refractivity contribution in [3.8, 4) is 0 Å². The van der Waals surface area contributed by atoms with Crippen molar-refractivity contribution in [2.45, 2.75) is 57.9 Å². The van der Waals surface area contributed by atoms with Gasteiger partial charge in [0.25, 0.3) is 0 Å². The van der Waals surface area contributed by atoms with Crippen LogP contribution in [-0.2, 0) is 9.47 Å². The molecular weight excluding hydrogens is 216 g/mol. The molecule has 0 aromatic heterocycles. The Hall–Kier alpha value is -0.160. The summed E-state index contributed by atoms with van der Waals surface area (Å²) in [5, 5.41) is 0. The predicted octanol–water partition coefficient (Wildman–Crippen LogP) is 2.23. The lowest BCUT2D eigenvalue weighted by Crippen LogP contribution is -2.36. The van der Waals surface area contributed by atoms with Crippen LogP contribution in [0.1, 0.15) is 51.9 Å². The number of hydrogen-bond acceptors (Lipinski definition) is 4. The molecule has 0 fully saturated rings. The van der Waals surface area contributed by atoms with E-state index in [1.807, 2.05) is 0 Å². The minimum absolute atomic E-state index is 0.388. The van der Waals surface area contributed by atoms with Gasteiger partial charge in [0.15, 0.2) is 0 Å². The molecule has 0 spiro atoms. The summed E-state index contributed by atoms with van der Waals surface area (Å²) in [6, 6.07) is 0.388. The Morgan fingerprint density at radius 2 is 1.76 bits per heavy atom. The molecule has 0 saturated heterocycles. The van der Waals surface area contributed by atoms with Crippen molar-refractivity contribution < 1.29 is 9.47 Å². The lowest BCUT2D eigenvalue weighted by atomic mass is 10.0. The van der Waals surface area contributed by atoms with Gasteiger partial charge in [-0.1, -0.05) is 39.0 Å². The zero-order chi connectivity index (χ0) is 12.8. The highest BCUT2D eigenvalue weighted by molar-refractivity contribution is 4.63. The Kier molecular flexibility index (Phi) is 13.8. The molecule has 1 atom stereocenters.